The molecule has 0 bridgehead atoms. The molecule has 5 rings (SSSR count). The van der Waals surface area contributed by atoms with Gasteiger partial charge in [-0.15, -0.1) is 0 Å². The number of halogens is 3. The third-order valence-electron chi connectivity index (χ3n) is 7.31. The smallest absolute Gasteiger partial charge is 0.266 e. The molecule has 3 aromatic carbocycles. The summed E-state index contributed by atoms with van der Waals surface area (Å²) in [5.74, 6) is 0.745. The van der Waals surface area contributed by atoms with Gasteiger partial charge in [-0.1, -0.05) is 69.8 Å². The molecule has 0 radical (unpaired) electrons. The zero-order chi connectivity index (χ0) is 28.8. The van der Waals surface area contributed by atoms with Crippen LogP contribution < -0.4 is 10.2 Å². The molecule has 0 spiro atoms. The third-order valence-corrected chi connectivity index (χ3v) is 8.64. The lowest BCUT2D eigenvalue weighted by molar-refractivity contribution is -0.134. The van der Waals surface area contributed by atoms with E-state index in [1.165, 1.54) is 0 Å². The van der Waals surface area contributed by atoms with E-state index >= 15 is 0 Å². The van der Waals surface area contributed by atoms with Gasteiger partial charge in [-0.2, -0.15) is 0 Å². The highest BCUT2D eigenvalue weighted by Gasteiger charge is 2.54. The number of carbonyl (C=O) groups excluding carboxylic acids is 1. The monoisotopic (exact) mass is 659 g/mol. The van der Waals surface area contributed by atoms with Gasteiger partial charge in [-0.25, -0.2) is 10.0 Å². The first-order valence-corrected chi connectivity index (χ1v) is 15.3. The average Bonchev–Trinajstić information content (AvgIpc) is 3.35. The van der Waals surface area contributed by atoms with Gasteiger partial charge >= 0.3 is 0 Å². The molecule has 2 aliphatic rings. The van der Waals surface area contributed by atoms with Gasteiger partial charge in [0.15, 0.2) is 11.6 Å². The van der Waals surface area contributed by atoms with E-state index in [2.05, 4.69) is 21.4 Å². The molecule has 0 unspecified atom stereocenters. The van der Waals surface area contributed by atoms with Crippen molar-refractivity contribution in [3.05, 3.63) is 97.9 Å². The Kier molecular flexibility index (Phi) is 9.88. The lowest BCUT2D eigenvalue weighted by Crippen LogP contribution is -2.56. The molecule has 7 nitrogen and oxygen atoms in total. The number of nitrogens with one attached hydrogen (secondary N) is 1. The molecule has 3 aromatic rings. The number of amides is 1. The second-order valence-corrected chi connectivity index (χ2v) is 11.9. The number of aliphatic hydroxyl groups is 1. The predicted molar refractivity (Wildman–Crippen MR) is 165 cm³/mol. The summed E-state index contributed by atoms with van der Waals surface area (Å²) in [7, 11) is 0. The minimum atomic E-state index is -1.37. The maximum absolute atomic E-state index is 14.4. The van der Waals surface area contributed by atoms with Crippen LogP contribution >= 0.6 is 39.1 Å². The van der Waals surface area contributed by atoms with Crippen molar-refractivity contribution in [3.63, 3.8) is 0 Å². The van der Waals surface area contributed by atoms with Crippen molar-refractivity contribution in [1.82, 2.24) is 10.4 Å². The summed E-state index contributed by atoms with van der Waals surface area (Å²) in [6.45, 7) is 2.03. The zero-order valence-corrected chi connectivity index (χ0v) is 25.6. The lowest BCUT2D eigenvalue weighted by Gasteiger charge is -2.35. The summed E-state index contributed by atoms with van der Waals surface area (Å²) >= 11 is 16.7. The van der Waals surface area contributed by atoms with E-state index in [9.17, 15) is 4.79 Å². The number of ether oxygens (including phenoxy) is 2. The summed E-state index contributed by atoms with van der Waals surface area (Å²) in [4.78, 5) is 19.5. The SMILES string of the molecule is O=C(NN1CCCCC1)[C@@]1(Cc2ccccc2Br)N=C(c2ccc(OCCCO)cc2)O[C@H]1c1ccc(Cl)cc1Cl. The normalized spacial score (nSPS) is 20.8. The molecule has 1 amide bonds. The molecule has 2 atom stereocenters. The van der Waals surface area contributed by atoms with Gasteiger partial charge in [-0.05, 0) is 60.9 Å². The summed E-state index contributed by atoms with van der Waals surface area (Å²) < 4.78 is 13.2. The fourth-order valence-corrected chi connectivity index (χ4v) is 6.08. The van der Waals surface area contributed by atoms with E-state index in [0.29, 0.717) is 45.8 Å². The number of rotatable bonds is 10. The fraction of sp³-hybridized carbons (Fsp3) is 0.355. The molecule has 2 aliphatic heterocycles. The Bertz CT molecular complexity index is 1400. The minimum Gasteiger partial charge on any atom is -0.494 e. The summed E-state index contributed by atoms with van der Waals surface area (Å²) in [5.41, 5.74) is 4.04. The van der Waals surface area contributed by atoms with Gasteiger partial charge in [0.1, 0.15) is 5.75 Å². The Labute approximate surface area is 258 Å². The Morgan fingerprint density at radius 3 is 2.56 bits per heavy atom. The quantitative estimate of drug-likeness (QED) is 0.242. The van der Waals surface area contributed by atoms with Crippen LogP contribution in [0.2, 0.25) is 10.0 Å². The summed E-state index contributed by atoms with van der Waals surface area (Å²) in [6, 6.07) is 20.4. The molecule has 1 saturated heterocycles. The number of hydrazine groups is 1. The molecule has 41 heavy (non-hydrogen) atoms. The Morgan fingerprint density at radius 1 is 1.10 bits per heavy atom. The van der Waals surface area contributed by atoms with Crippen molar-refractivity contribution in [3.8, 4) is 5.75 Å². The average molecular weight is 661 g/mol. The molecule has 10 heteroatoms. The van der Waals surface area contributed by atoms with Crippen molar-refractivity contribution >= 4 is 50.9 Å². The van der Waals surface area contributed by atoms with Crippen molar-refractivity contribution in [2.75, 3.05) is 26.3 Å². The molecular weight excluding hydrogens is 629 g/mol. The number of nitrogens with zero attached hydrogens (tertiary/aromatic N) is 2. The number of benzene rings is 3. The van der Waals surface area contributed by atoms with Gasteiger partial charge in [-0.3, -0.25) is 10.2 Å². The Balaban J connectivity index is 1.59. The molecule has 2 heterocycles. The Hall–Kier alpha value is -2.62. The van der Waals surface area contributed by atoms with Crippen LogP contribution in [0.25, 0.3) is 0 Å². The third kappa shape index (κ3) is 6.89. The molecule has 1 fully saturated rings. The second-order valence-electron chi connectivity index (χ2n) is 10.2. The second kappa shape index (κ2) is 13.6. The highest BCUT2D eigenvalue weighted by molar-refractivity contribution is 9.10. The molecular formula is C31H32BrCl2N3O4. The first-order chi connectivity index (χ1) is 19.9. The maximum Gasteiger partial charge on any atom is 0.266 e. The van der Waals surface area contributed by atoms with Crippen LogP contribution in [0.3, 0.4) is 0 Å². The highest BCUT2D eigenvalue weighted by Crippen LogP contribution is 2.45. The topological polar surface area (TPSA) is 83.4 Å². The van der Waals surface area contributed by atoms with E-state index < -0.39 is 11.6 Å². The van der Waals surface area contributed by atoms with Crippen molar-refractivity contribution in [1.29, 1.82) is 0 Å². The molecule has 216 valence electrons. The number of hydrogen-bond donors (Lipinski definition) is 2. The van der Waals surface area contributed by atoms with Gasteiger partial charge < -0.3 is 14.6 Å². The number of piperidine rings is 1. The van der Waals surface area contributed by atoms with Gasteiger partial charge in [0.25, 0.3) is 5.91 Å². The van der Waals surface area contributed by atoms with Crippen LogP contribution in [-0.4, -0.2) is 53.8 Å². The summed E-state index contributed by atoms with van der Waals surface area (Å²) in [6.07, 6.45) is 3.17. The summed E-state index contributed by atoms with van der Waals surface area (Å²) in [5, 5.41) is 11.9. The Morgan fingerprint density at radius 2 is 1.85 bits per heavy atom. The van der Waals surface area contributed by atoms with Crippen LogP contribution in [0.15, 0.2) is 76.2 Å². The van der Waals surface area contributed by atoms with E-state index in [0.717, 1.165) is 42.4 Å². The first-order valence-electron chi connectivity index (χ1n) is 13.7. The number of carbonyl (C=O) groups is 1. The largest absolute Gasteiger partial charge is 0.494 e. The van der Waals surface area contributed by atoms with Crippen LogP contribution in [0, 0.1) is 0 Å². The van der Waals surface area contributed by atoms with E-state index in [4.69, 9.17) is 42.8 Å². The van der Waals surface area contributed by atoms with Crippen LogP contribution in [0.1, 0.15) is 48.5 Å². The van der Waals surface area contributed by atoms with Crippen molar-refractivity contribution < 1.29 is 19.4 Å². The number of aliphatic imine (C=N–C) groups is 1. The van der Waals surface area contributed by atoms with E-state index in [1.807, 2.05) is 53.5 Å². The predicted octanol–water partition coefficient (Wildman–Crippen LogP) is 6.53. The molecule has 2 N–H and O–H groups in total. The first kappa shape index (κ1) is 29.9. The van der Waals surface area contributed by atoms with Crippen LogP contribution in [0.4, 0.5) is 0 Å². The molecule has 0 aliphatic carbocycles. The van der Waals surface area contributed by atoms with Crippen molar-refractivity contribution in [2.45, 2.75) is 43.7 Å². The highest BCUT2D eigenvalue weighted by atomic mass is 79.9. The van der Waals surface area contributed by atoms with Crippen molar-refractivity contribution in [2.24, 2.45) is 4.99 Å². The lowest BCUT2D eigenvalue weighted by atomic mass is 9.82. The maximum atomic E-state index is 14.4. The van der Waals surface area contributed by atoms with Crippen LogP contribution in [0.5, 0.6) is 5.75 Å². The number of hydrogen-bond acceptors (Lipinski definition) is 6. The van der Waals surface area contributed by atoms with Gasteiger partial charge in [0.2, 0.25) is 5.90 Å². The molecule has 0 saturated carbocycles. The fourth-order valence-electron chi connectivity index (χ4n) is 5.15. The minimum absolute atomic E-state index is 0.0660. The van der Waals surface area contributed by atoms with Gasteiger partial charge in [0, 0.05) is 58.2 Å². The van der Waals surface area contributed by atoms with Crippen LogP contribution in [-0.2, 0) is 16.0 Å². The zero-order valence-electron chi connectivity index (χ0n) is 22.5. The van der Waals surface area contributed by atoms with Gasteiger partial charge in [0.05, 0.1) is 6.61 Å². The van der Waals surface area contributed by atoms with E-state index in [-0.39, 0.29) is 18.9 Å². The van der Waals surface area contributed by atoms with E-state index in [1.54, 1.807) is 18.2 Å². The molecule has 0 aromatic heterocycles. The number of aliphatic hydroxyl groups excluding tert-OH is 1. The standard InChI is InChI=1S/C31H32BrCl2N3O4/c32-26-8-3-2-7-22(26)20-31(30(39)36-37-15-4-1-5-16-37)28(25-14-11-23(33)19-27(25)34)41-29(35-31)21-9-12-24(13-10-21)40-18-6-17-38/h2-3,7-14,19,28,38H,1,4-6,15-18,20H2,(H,36,39)/t28-,31-/m0/s1.